The third-order valence-electron chi connectivity index (χ3n) is 4.05. The Balaban J connectivity index is 1.65. The summed E-state index contributed by atoms with van der Waals surface area (Å²) in [6.07, 6.45) is 2.11. The Kier molecular flexibility index (Phi) is 4.40. The number of nitro groups is 1. The van der Waals surface area contributed by atoms with Crippen LogP contribution in [0.25, 0.3) is 17.4 Å². The van der Waals surface area contributed by atoms with E-state index in [4.69, 9.17) is 9.83 Å². The number of rotatable bonds is 4. The molecule has 1 amide bonds. The number of furan rings is 1. The second-order valence-electron chi connectivity index (χ2n) is 5.88. The van der Waals surface area contributed by atoms with Gasteiger partial charge in [0, 0.05) is 17.7 Å². The van der Waals surface area contributed by atoms with Gasteiger partial charge in [-0.3, -0.25) is 20.3 Å². The zero-order valence-corrected chi connectivity index (χ0v) is 15.4. The molecule has 28 heavy (non-hydrogen) atoms. The fourth-order valence-corrected chi connectivity index (χ4v) is 3.50. The van der Waals surface area contributed by atoms with Crippen molar-refractivity contribution in [1.29, 1.82) is 5.41 Å². The van der Waals surface area contributed by atoms with Crippen LogP contribution in [0.1, 0.15) is 19.1 Å². The van der Waals surface area contributed by atoms with Crippen molar-refractivity contribution < 1.29 is 14.1 Å². The minimum Gasteiger partial charge on any atom is -0.457 e. The number of nitro benzene ring substituents is 1. The smallest absolute Gasteiger partial charge is 0.283 e. The lowest BCUT2D eigenvalue weighted by molar-refractivity contribution is -0.384. The van der Waals surface area contributed by atoms with E-state index in [0.29, 0.717) is 28.7 Å². The zero-order chi connectivity index (χ0) is 19.8. The maximum Gasteiger partial charge on any atom is 0.283 e. The number of fused-ring (bicyclic) bond motifs is 1. The number of hydrogen-bond donors (Lipinski definition) is 1. The van der Waals surface area contributed by atoms with Gasteiger partial charge in [-0.2, -0.15) is 15.1 Å². The first-order chi connectivity index (χ1) is 13.5. The lowest BCUT2D eigenvalue weighted by Gasteiger charge is -2.19. The molecule has 10 heteroatoms. The van der Waals surface area contributed by atoms with Gasteiger partial charge in [0.05, 0.1) is 10.5 Å². The number of carbonyl (C=O) groups is 1. The van der Waals surface area contributed by atoms with E-state index in [2.05, 4.69) is 10.1 Å². The summed E-state index contributed by atoms with van der Waals surface area (Å²) in [4.78, 5) is 26.8. The molecule has 1 N–H and O–H groups in total. The van der Waals surface area contributed by atoms with Gasteiger partial charge in [-0.25, -0.2) is 0 Å². The quantitative estimate of drug-likeness (QED) is 0.476. The number of nitrogens with zero attached hydrogens (tertiary/aromatic N) is 4. The normalized spacial score (nSPS) is 17.6. The standard InChI is InChI=1S/C18H13N5O4S/c1-2-15-21-22-16(19)13(17(24)20-18(22)28-15)9-12-6-7-14(27-12)10-4-3-5-11(8-10)23(25)26/h3-9,19H,2H2,1H3/b13-9-,19-16?. The molecule has 0 saturated heterocycles. The Labute approximate surface area is 163 Å². The first-order valence-electron chi connectivity index (χ1n) is 8.30. The van der Waals surface area contributed by atoms with Crippen LogP contribution in [0.2, 0.25) is 0 Å². The number of benzene rings is 1. The minimum absolute atomic E-state index is 0.0453. The Hall–Kier alpha value is -3.53. The topological polar surface area (TPSA) is 125 Å². The average molecular weight is 395 g/mol. The Morgan fingerprint density at radius 1 is 1.36 bits per heavy atom. The van der Waals surface area contributed by atoms with Crippen molar-refractivity contribution in [2.24, 2.45) is 10.1 Å². The Morgan fingerprint density at radius 2 is 2.18 bits per heavy atom. The molecule has 0 unspecified atom stereocenters. The SMILES string of the molecule is CCC1=NN2C(=N)/C(=C/c3ccc(-c4cccc([N+](=O)[O-])c4)o3)C(=O)N=C2S1. The third kappa shape index (κ3) is 3.14. The molecule has 0 aliphatic carbocycles. The number of non-ortho nitro benzene ring substituents is 1. The molecule has 1 aromatic carbocycles. The van der Waals surface area contributed by atoms with Crippen LogP contribution in [0.15, 0.2) is 56.5 Å². The second-order valence-corrected chi connectivity index (χ2v) is 6.92. The molecule has 0 fully saturated rings. The summed E-state index contributed by atoms with van der Waals surface area (Å²) in [7, 11) is 0. The summed E-state index contributed by atoms with van der Waals surface area (Å²) in [5.74, 6) is 0.140. The van der Waals surface area contributed by atoms with E-state index in [1.165, 1.54) is 35.0 Å². The lowest BCUT2D eigenvalue weighted by atomic mass is 10.1. The van der Waals surface area contributed by atoms with Gasteiger partial charge in [-0.15, -0.1) is 0 Å². The summed E-state index contributed by atoms with van der Waals surface area (Å²) >= 11 is 1.27. The van der Waals surface area contributed by atoms with Gasteiger partial charge < -0.3 is 4.42 Å². The highest BCUT2D eigenvalue weighted by molar-refractivity contribution is 8.26. The summed E-state index contributed by atoms with van der Waals surface area (Å²) in [6, 6.07) is 9.33. The van der Waals surface area contributed by atoms with E-state index in [-0.39, 0.29) is 17.1 Å². The predicted octanol–water partition coefficient (Wildman–Crippen LogP) is 3.88. The van der Waals surface area contributed by atoms with Crippen LogP contribution < -0.4 is 0 Å². The number of hydrazone groups is 1. The molecular formula is C18H13N5O4S. The van der Waals surface area contributed by atoms with E-state index >= 15 is 0 Å². The van der Waals surface area contributed by atoms with Crippen LogP contribution in [0.3, 0.4) is 0 Å². The van der Waals surface area contributed by atoms with Gasteiger partial charge in [-0.05, 0) is 36.4 Å². The highest BCUT2D eigenvalue weighted by atomic mass is 32.2. The van der Waals surface area contributed by atoms with Crippen molar-refractivity contribution >= 4 is 45.5 Å². The molecule has 140 valence electrons. The number of carbonyl (C=O) groups excluding carboxylic acids is 1. The minimum atomic E-state index is -0.537. The number of amides is 1. The second kappa shape index (κ2) is 6.89. The fourth-order valence-electron chi connectivity index (χ4n) is 2.68. The first-order valence-corrected chi connectivity index (χ1v) is 9.11. The molecule has 0 spiro atoms. The molecule has 2 aromatic rings. The third-order valence-corrected chi connectivity index (χ3v) is 5.11. The fraction of sp³-hybridized carbons (Fsp3) is 0.111. The van der Waals surface area contributed by atoms with Gasteiger partial charge in [-0.1, -0.05) is 19.1 Å². The van der Waals surface area contributed by atoms with Crippen molar-refractivity contribution in [2.45, 2.75) is 13.3 Å². The van der Waals surface area contributed by atoms with E-state index in [1.54, 1.807) is 24.3 Å². The number of nitrogens with one attached hydrogen (secondary N) is 1. The molecular weight excluding hydrogens is 382 g/mol. The summed E-state index contributed by atoms with van der Waals surface area (Å²) in [6.45, 7) is 1.94. The van der Waals surface area contributed by atoms with Crippen LogP contribution in [0.4, 0.5) is 5.69 Å². The zero-order valence-electron chi connectivity index (χ0n) is 14.6. The van der Waals surface area contributed by atoms with Gasteiger partial charge in [0.25, 0.3) is 11.6 Å². The van der Waals surface area contributed by atoms with E-state index in [0.717, 1.165) is 5.04 Å². The first kappa shape index (κ1) is 17.9. The maximum atomic E-state index is 12.3. The van der Waals surface area contributed by atoms with Crippen molar-refractivity contribution in [3.05, 3.63) is 57.8 Å². The lowest BCUT2D eigenvalue weighted by Crippen LogP contribution is -2.35. The average Bonchev–Trinajstić information content (AvgIpc) is 3.32. The van der Waals surface area contributed by atoms with Crippen LogP contribution in [-0.4, -0.2) is 31.9 Å². The Bertz CT molecular complexity index is 1110. The van der Waals surface area contributed by atoms with E-state index in [9.17, 15) is 14.9 Å². The highest BCUT2D eigenvalue weighted by Crippen LogP contribution is 2.30. The van der Waals surface area contributed by atoms with Crippen molar-refractivity contribution in [1.82, 2.24) is 5.01 Å². The molecule has 0 radical (unpaired) electrons. The van der Waals surface area contributed by atoms with Gasteiger partial charge in [0.2, 0.25) is 5.17 Å². The highest BCUT2D eigenvalue weighted by Gasteiger charge is 2.35. The van der Waals surface area contributed by atoms with Crippen molar-refractivity contribution in [3.8, 4) is 11.3 Å². The molecule has 2 aliphatic rings. The van der Waals surface area contributed by atoms with Gasteiger partial charge in [0.15, 0.2) is 5.84 Å². The monoisotopic (exact) mass is 395 g/mol. The number of thioether (sulfide) groups is 1. The molecule has 1 aromatic heterocycles. The predicted molar refractivity (Wildman–Crippen MR) is 106 cm³/mol. The van der Waals surface area contributed by atoms with Crippen LogP contribution >= 0.6 is 11.8 Å². The Morgan fingerprint density at radius 3 is 2.93 bits per heavy atom. The van der Waals surface area contributed by atoms with Gasteiger partial charge in [0.1, 0.15) is 16.6 Å². The van der Waals surface area contributed by atoms with Crippen LogP contribution in [-0.2, 0) is 4.79 Å². The summed E-state index contributed by atoms with van der Waals surface area (Å²) in [5, 5.41) is 26.0. The molecule has 0 atom stereocenters. The van der Waals surface area contributed by atoms with Crippen molar-refractivity contribution in [3.63, 3.8) is 0 Å². The van der Waals surface area contributed by atoms with Gasteiger partial charge >= 0.3 is 0 Å². The number of aliphatic imine (C=N–C) groups is 1. The molecule has 9 nitrogen and oxygen atoms in total. The molecule has 2 aliphatic heterocycles. The number of hydrogen-bond acceptors (Lipinski definition) is 7. The summed E-state index contributed by atoms with van der Waals surface area (Å²) < 4.78 is 5.70. The summed E-state index contributed by atoms with van der Waals surface area (Å²) in [5.41, 5.74) is 0.554. The van der Waals surface area contributed by atoms with Crippen molar-refractivity contribution in [2.75, 3.05) is 0 Å². The van der Waals surface area contributed by atoms with Crippen LogP contribution in [0.5, 0.6) is 0 Å². The molecule has 0 saturated carbocycles. The molecule has 4 rings (SSSR count). The maximum absolute atomic E-state index is 12.3. The van der Waals surface area contributed by atoms with E-state index < -0.39 is 10.8 Å². The number of amidine groups is 2. The van der Waals surface area contributed by atoms with Crippen LogP contribution in [0, 0.1) is 15.5 Å². The van der Waals surface area contributed by atoms with E-state index in [1.807, 2.05) is 6.92 Å². The molecule has 0 bridgehead atoms. The molecule has 3 heterocycles. The largest absolute Gasteiger partial charge is 0.457 e.